The first-order valence-electron chi connectivity index (χ1n) is 10.8. The van der Waals surface area contributed by atoms with E-state index in [1.165, 1.54) is 51.9 Å². The van der Waals surface area contributed by atoms with Crippen LogP contribution in [0.3, 0.4) is 0 Å². The van der Waals surface area contributed by atoms with E-state index in [2.05, 4.69) is 91.3 Å². The lowest BCUT2D eigenvalue weighted by molar-refractivity contribution is 0.888. The molecule has 0 saturated carbocycles. The second kappa shape index (κ2) is 9.00. The van der Waals surface area contributed by atoms with E-state index in [0.29, 0.717) is 0 Å². The Labute approximate surface area is 176 Å². The van der Waals surface area contributed by atoms with Gasteiger partial charge in [0.25, 0.3) is 0 Å². The Kier molecular flexibility index (Phi) is 6.63. The maximum atomic E-state index is 4.26. The molecule has 0 spiro atoms. The van der Waals surface area contributed by atoms with Crippen molar-refractivity contribution >= 4 is 30.0 Å². The summed E-state index contributed by atoms with van der Waals surface area (Å²) in [7, 11) is 3.18. The lowest BCUT2D eigenvalue weighted by Crippen LogP contribution is -2.35. The van der Waals surface area contributed by atoms with Crippen LogP contribution in [-0.2, 0) is 20.1 Å². The molecule has 0 aliphatic heterocycles. The summed E-state index contributed by atoms with van der Waals surface area (Å²) in [6.45, 7) is 9.26. The van der Waals surface area contributed by atoms with Crippen molar-refractivity contribution in [3.05, 3.63) is 66.1 Å². The quantitative estimate of drug-likeness (QED) is 0.341. The summed E-state index contributed by atoms with van der Waals surface area (Å²) in [5.74, 6) is 0. The van der Waals surface area contributed by atoms with Gasteiger partial charge in [0.2, 0.25) is 0 Å². The van der Waals surface area contributed by atoms with E-state index in [4.69, 9.17) is 0 Å². The third kappa shape index (κ3) is 4.32. The first kappa shape index (κ1) is 21.4. The van der Waals surface area contributed by atoms with E-state index >= 15 is 0 Å². The monoisotopic (exact) mass is 405 g/mol. The maximum absolute atomic E-state index is 4.26. The summed E-state index contributed by atoms with van der Waals surface area (Å²) in [5.41, 5.74) is 5.22. The van der Waals surface area contributed by atoms with Gasteiger partial charge in [-0.05, 0) is 48.7 Å². The number of hydrogen-bond acceptors (Lipinski definition) is 1. The van der Waals surface area contributed by atoms with E-state index in [0.717, 1.165) is 5.65 Å². The molecule has 0 saturated heterocycles. The standard InChI is InChI=1S/C16H25NSi.C9H10N2/c1-5-18(6-2,7-3)13-15-12-14-10-8-9-11-16(14)17(15)4;1-7-6-8-4-3-5-10-9(8)11(7)2/h8-12H,5-7,13H2,1-4H3;3-6H,1-2H3. The molecule has 0 fully saturated rings. The van der Waals surface area contributed by atoms with Crippen molar-refractivity contribution < 1.29 is 0 Å². The zero-order valence-electron chi connectivity index (χ0n) is 18.9. The molecule has 154 valence electrons. The summed E-state index contributed by atoms with van der Waals surface area (Å²) >= 11 is 0. The fourth-order valence-corrected chi connectivity index (χ4v) is 7.67. The molecule has 1 aromatic carbocycles. The molecule has 0 atom stereocenters. The number of para-hydroxylation sites is 1. The van der Waals surface area contributed by atoms with Crippen LogP contribution in [0.4, 0.5) is 0 Å². The van der Waals surface area contributed by atoms with Crippen molar-refractivity contribution in [3.8, 4) is 0 Å². The molecule has 0 amide bonds. The van der Waals surface area contributed by atoms with E-state index in [1.54, 1.807) is 0 Å². The molecule has 4 heteroatoms. The minimum Gasteiger partial charge on any atom is -0.348 e. The Bertz CT molecular complexity index is 1080. The van der Waals surface area contributed by atoms with Crippen LogP contribution in [-0.4, -0.2) is 22.2 Å². The number of rotatable bonds is 5. The molecule has 3 nitrogen and oxygen atoms in total. The average molecular weight is 406 g/mol. The van der Waals surface area contributed by atoms with Crippen LogP contribution >= 0.6 is 0 Å². The molecule has 4 rings (SSSR count). The van der Waals surface area contributed by atoms with Crippen molar-refractivity contribution in [2.75, 3.05) is 0 Å². The Morgan fingerprint density at radius 1 is 0.828 bits per heavy atom. The van der Waals surface area contributed by atoms with E-state index in [9.17, 15) is 0 Å². The highest BCUT2D eigenvalue weighted by molar-refractivity contribution is 6.79. The molecule has 0 radical (unpaired) electrons. The van der Waals surface area contributed by atoms with Crippen LogP contribution in [0.2, 0.25) is 18.1 Å². The summed E-state index contributed by atoms with van der Waals surface area (Å²) in [6, 6.07) is 22.9. The molecule has 0 aliphatic rings. The van der Waals surface area contributed by atoms with Crippen LogP contribution in [0, 0.1) is 6.92 Å². The van der Waals surface area contributed by atoms with Gasteiger partial charge in [-0.15, -0.1) is 0 Å². The Morgan fingerprint density at radius 2 is 1.48 bits per heavy atom. The van der Waals surface area contributed by atoms with E-state index < -0.39 is 8.07 Å². The number of hydrogen-bond donors (Lipinski definition) is 0. The minimum absolute atomic E-state index is 1.06. The second-order valence-corrected chi connectivity index (χ2v) is 13.7. The van der Waals surface area contributed by atoms with Crippen molar-refractivity contribution in [3.63, 3.8) is 0 Å². The highest BCUT2D eigenvalue weighted by Gasteiger charge is 2.28. The first-order chi connectivity index (χ1) is 13.9. The molecular weight excluding hydrogens is 370 g/mol. The molecular formula is C25H35N3Si. The van der Waals surface area contributed by atoms with Gasteiger partial charge in [-0.2, -0.15) is 0 Å². The SMILES string of the molecule is CC[Si](CC)(CC)Cc1cc2ccccc2n1C.Cc1cc2cccnc2n1C. The van der Waals surface area contributed by atoms with Crippen LogP contribution in [0.25, 0.3) is 21.9 Å². The fraction of sp³-hybridized carbons (Fsp3) is 0.400. The predicted molar refractivity (Wildman–Crippen MR) is 129 cm³/mol. The minimum atomic E-state index is -1.07. The van der Waals surface area contributed by atoms with Gasteiger partial charge in [-0.1, -0.05) is 57.1 Å². The number of nitrogens with zero attached hydrogens (tertiary/aromatic N) is 3. The van der Waals surface area contributed by atoms with Gasteiger partial charge < -0.3 is 9.13 Å². The number of benzene rings is 1. The van der Waals surface area contributed by atoms with Crippen molar-refractivity contribution in [1.29, 1.82) is 0 Å². The van der Waals surface area contributed by atoms with E-state index in [-0.39, 0.29) is 0 Å². The van der Waals surface area contributed by atoms with Gasteiger partial charge in [-0.25, -0.2) is 4.98 Å². The summed E-state index contributed by atoms with van der Waals surface area (Å²) in [5, 5.41) is 2.61. The van der Waals surface area contributed by atoms with Crippen molar-refractivity contribution in [2.24, 2.45) is 14.1 Å². The number of pyridine rings is 1. The largest absolute Gasteiger partial charge is 0.348 e. The summed E-state index contributed by atoms with van der Waals surface area (Å²) < 4.78 is 4.49. The van der Waals surface area contributed by atoms with Crippen LogP contribution < -0.4 is 0 Å². The molecule has 4 aromatic rings. The van der Waals surface area contributed by atoms with Crippen molar-refractivity contribution in [2.45, 2.75) is 51.9 Å². The molecule has 3 aromatic heterocycles. The summed E-state index contributed by atoms with van der Waals surface area (Å²) in [4.78, 5) is 4.26. The van der Waals surface area contributed by atoms with Gasteiger partial charge in [0.1, 0.15) is 5.65 Å². The van der Waals surface area contributed by atoms with Gasteiger partial charge in [-0.3, -0.25) is 0 Å². The smallest absolute Gasteiger partial charge is 0.139 e. The topological polar surface area (TPSA) is 22.8 Å². The van der Waals surface area contributed by atoms with Crippen LogP contribution in [0.5, 0.6) is 0 Å². The molecule has 0 bridgehead atoms. The Morgan fingerprint density at radius 3 is 2.10 bits per heavy atom. The van der Waals surface area contributed by atoms with Gasteiger partial charge in [0, 0.05) is 42.6 Å². The third-order valence-electron chi connectivity index (χ3n) is 6.89. The first-order valence-corrected chi connectivity index (χ1v) is 13.7. The molecule has 0 aliphatic carbocycles. The fourth-order valence-electron chi connectivity index (χ4n) is 4.32. The second-order valence-electron chi connectivity index (χ2n) is 8.25. The van der Waals surface area contributed by atoms with Crippen LogP contribution in [0.1, 0.15) is 32.2 Å². The van der Waals surface area contributed by atoms with Gasteiger partial charge >= 0.3 is 0 Å². The highest BCUT2D eigenvalue weighted by Crippen LogP contribution is 2.28. The maximum Gasteiger partial charge on any atom is 0.139 e. The van der Waals surface area contributed by atoms with Crippen molar-refractivity contribution in [1.82, 2.24) is 14.1 Å². The predicted octanol–water partition coefficient (Wildman–Crippen LogP) is 6.65. The number of aryl methyl sites for hydroxylation is 3. The normalized spacial score (nSPS) is 11.7. The van der Waals surface area contributed by atoms with Gasteiger partial charge in [0.15, 0.2) is 0 Å². The highest BCUT2D eigenvalue weighted by atomic mass is 28.3. The Hall–Kier alpha value is -2.33. The molecule has 0 unspecified atom stereocenters. The Balaban J connectivity index is 0.000000186. The molecule has 29 heavy (non-hydrogen) atoms. The number of aromatic nitrogens is 3. The lowest BCUT2D eigenvalue weighted by Gasteiger charge is -2.28. The van der Waals surface area contributed by atoms with Gasteiger partial charge in [0.05, 0.1) is 8.07 Å². The summed E-state index contributed by atoms with van der Waals surface area (Å²) in [6.07, 6.45) is 1.82. The molecule has 3 heterocycles. The average Bonchev–Trinajstić information content (AvgIpc) is 3.23. The zero-order valence-corrected chi connectivity index (χ0v) is 19.9. The van der Waals surface area contributed by atoms with E-state index in [1.807, 2.05) is 19.3 Å². The lowest BCUT2D eigenvalue weighted by atomic mass is 10.2. The zero-order chi connectivity index (χ0) is 21.0. The molecule has 0 N–H and O–H groups in total. The third-order valence-corrected chi connectivity index (χ3v) is 12.5. The number of fused-ring (bicyclic) bond motifs is 2. The van der Waals surface area contributed by atoms with Crippen LogP contribution in [0.15, 0.2) is 54.7 Å².